The van der Waals surface area contributed by atoms with Crippen molar-refractivity contribution < 1.29 is 12.8 Å². The van der Waals surface area contributed by atoms with E-state index in [1.807, 2.05) is 0 Å². The maximum absolute atomic E-state index is 11.1. The number of unbranched alkanes of at least 4 members (excludes halogenated alkanes) is 1. The number of sulfonamides is 1. The molecule has 0 amide bonds. The Morgan fingerprint density at radius 1 is 1.39 bits per heavy atom. The number of nitrogens with zero attached hydrogens (tertiary/aromatic N) is 1. The summed E-state index contributed by atoms with van der Waals surface area (Å²) in [4.78, 5) is 4.34. The third-order valence-electron chi connectivity index (χ3n) is 2.48. The van der Waals surface area contributed by atoms with Crippen molar-refractivity contribution in [2.75, 3.05) is 11.0 Å². The molecule has 0 unspecified atom stereocenters. The monoisotopic (exact) mass is 268 g/mol. The Bertz CT molecular complexity index is 646. The van der Waals surface area contributed by atoms with Gasteiger partial charge in [0.15, 0.2) is 11.5 Å². The lowest BCUT2D eigenvalue weighted by Gasteiger charge is -2.01. The lowest BCUT2D eigenvalue weighted by Crippen LogP contribution is -2.09. The molecule has 0 spiro atoms. The summed E-state index contributed by atoms with van der Waals surface area (Å²) in [7, 11) is -3.27. The second-order valence-electron chi connectivity index (χ2n) is 4.27. The molecule has 0 aliphatic rings. The van der Waals surface area contributed by atoms with Crippen LogP contribution in [0.25, 0.3) is 11.1 Å². The van der Waals surface area contributed by atoms with Crippen molar-refractivity contribution in [3.05, 3.63) is 24.1 Å². The summed E-state index contributed by atoms with van der Waals surface area (Å²) in [6, 6.07) is 5.08. The predicted octanol–water partition coefficient (Wildman–Crippen LogP) is 2.54. The van der Waals surface area contributed by atoms with E-state index in [2.05, 4.69) is 16.6 Å². The Kier molecular flexibility index (Phi) is 3.56. The van der Waals surface area contributed by atoms with E-state index in [4.69, 9.17) is 4.42 Å². The number of rotatable bonds is 5. The maximum atomic E-state index is 11.1. The van der Waals surface area contributed by atoms with E-state index < -0.39 is 10.0 Å². The van der Waals surface area contributed by atoms with Gasteiger partial charge in [0.1, 0.15) is 5.52 Å². The molecule has 1 aromatic heterocycles. The normalized spacial score (nSPS) is 11.9. The standard InChI is InChI=1S/C12H16N2O3S/c1-3-4-5-12-13-10-7-6-9(8-11(10)17-12)14-18(2,15)16/h6-8,14H,3-5H2,1-2H3. The Balaban J connectivity index is 2.28. The van der Waals surface area contributed by atoms with Crippen molar-refractivity contribution in [2.45, 2.75) is 26.2 Å². The lowest BCUT2D eigenvalue weighted by atomic mass is 10.2. The van der Waals surface area contributed by atoms with Crippen molar-refractivity contribution in [1.29, 1.82) is 0 Å². The first-order chi connectivity index (χ1) is 8.48. The minimum atomic E-state index is -3.27. The number of hydrogen-bond acceptors (Lipinski definition) is 4. The van der Waals surface area contributed by atoms with Crippen LogP contribution in [0.15, 0.2) is 22.6 Å². The minimum Gasteiger partial charge on any atom is -0.441 e. The molecule has 1 heterocycles. The number of fused-ring (bicyclic) bond motifs is 1. The molecule has 0 fully saturated rings. The Morgan fingerprint density at radius 2 is 2.17 bits per heavy atom. The van der Waals surface area contributed by atoms with Crippen LogP contribution in [0.5, 0.6) is 0 Å². The van der Waals surface area contributed by atoms with Crippen LogP contribution < -0.4 is 4.72 Å². The molecule has 98 valence electrons. The molecule has 0 aliphatic carbocycles. The number of aromatic nitrogens is 1. The van der Waals surface area contributed by atoms with Gasteiger partial charge in [0.2, 0.25) is 10.0 Å². The lowest BCUT2D eigenvalue weighted by molar-refractivity contribution is 0.518. The quantitative estimate of drug-likeness (QED) is 0.904. The van der Waals surface area contributed by atoms with Crippen LogP contribution in [0.1, 0.15) is 25.7 Å². The summed E-state index contributed by atoms with van der Waals surface area (Å²) in [5.41, 5.74) is 1.85. The van der Waals surface area contributed by atoms with Crippen LogP contribution in [0.3, 0.4) is 0 Å². The van der Waals surface area contributed by atoms with E-state index >= 15 is 0 Å². The number of hydrogen-bond donors (Lipinski definition) is 1. The number of oxazole rings is 1. The minimum absolute atomic E-state index is 0.489. The van der Waals surface area contributed by atoms with Crippen LogP contribution in [0.2, 0.25) is 0 Å². The highest BCUT2D eigenvalue weighted by molar-refractivity contribution is 7.92. The van der Waals surface area contributed by atoms with Crippen molar-refractivity contribution >= 4 is 26.8 Å². The molecule has 5 nitrogen and oxygen atoms in total. The van der Waals surface area contributed by atoms with E-state index in [9.17, 15) is 8.42 Å². The fourth-order valence-corrected chi connectivity index (χ4v) is 2.24. The van der Waals surface area contributed by atoms with Crippen molar-refractivity contribution in [1.82, 2.24) is 4.98 Å². The molecule has 2 rings (SSSR count). The van der Waals surface area contributed by atoms with Crippen LogP contribution in [-0.4, -0.2) is 19.7 Å². The number of benzene rings is 1. The first-order valence-electron chi connectivity index (χ1n) is 5.85. The summed E-state index contributed by atoms with van der Waals surface area (Å²) in [5.74, 6) is 0.698. The molecule has 0 saturated carbocycles. The van der Waals surface area contributed by atoms with Crippen molar-refractivity contribution in [2.24, 2.45) is 0 Å². The summed E-state index contributed by atoms with van der Waals surface area (Å²) in [5, 5.41) is 0. The zero-order valence-corrected chi connectivity index (χ0v) is 11.3. The number of anilines is 1. The molecule has 0 radical (unpaired) electrons. The average Bonchev–Trinajstić information content (AvgIpc) is 2.66. The maximum Gasteiger partial charge on any atom is 0.229 e. The molecule has 6 heteroatoms. The second-order valence-corrected chi connectivity index (χ2v) is 6.02. The van der Waals surface area contributed by atoms with Gasteiger partial charge in [-0.1, -0.05) is 13.3 Å². The van der Waals surface area contributed by atoms with Crippen molar-refractivity contribution in [3.8, 4) is 0 Å². The third-order valence-corrected chi connectivity index (χ3v) is 3.09. The molecule has 1 aromatic carbocycles. The molecule has 0 atom stereocenters. The Labute approximate surface area is 106 Å². The van der Waals surface area contributed by atoms with Crippen LogP contribution >= 0.6 is 0 Å². The molecule has 0 bridgehead atoms. The van der Waals surface area contributed by atoms with Crippen LogP contribution in [0.4, 0.5) is 5.69 Å². The third kappa shape index (κ3) is 3.22. The molecular weight excluding hydrogens is 252 g/mol. The highest BCUT2D eigenvalue weighted by atomic mass is 32.2. The topological polar surface area (TPSA) is 72.2 Å². The first kappa shape index (κ1) is 12.9. The Morgan fingerprint density at radius 3 is 2.83 bits per heavy atom. The highest BCUT2D eigenvalue weighted by Gasteiger charge is 2.08. The summed E-state index contributed by atoms with van der Waals surface area (Å²) in [6.45, 7) is 2.11. The van der Waals surface area contributed by atoms with Gasteiger partial charge < -0.3 is 4.42 Å². The molecule has 1 N–H and O–H groups in total. The highest BCUT2D eigenvalue weighted by Crippen LogP contribution is 2.21. The van der Waals surface area contributed by atoms with E-state index in [0.29, 0.717) is 17.2 Å². The van der Waals surface area contributed by atoms with Gasteiger partial charge in [-0.25, -0.2) is 13.4 Å². The van der Waals surface area contributed by atoms with E-state index in [1.165, 1.54) is 0 Å². The summed E-state index contributed by atoms with van der Waals surface area (Å²) in [6.07, 6.45) is 4.03. The molecular formula is C12H16N2O3S. The number of aryl methyl sites for hydroxylation is 1. The molecule has 2 aromatic rings. The summed E-state index contributed by atoms with van der Waals surface area (Å²) < 4.78 is 30.2. The van der Waals surface area contributed by atoms with Gasteiger partial charge in [-0.2, -0.15) is 0 Å². The fraction of sp³-hybridized carbons (Fsp3) is 0.417. The number of nitrogens with one attached hydrogen (secondary N) is 1. The SMILES string of the molecule is CCCCc1nc2ccc(NS(C)(=O)=O)cc2o1. The zero-order valence-electron chi connectivity index (χ0n) is 10.4. The van der Waals surface area contributed by atoms with Gasteiger partial charge in [0, 0.05) is 12.5 Å². The molecule has 0 aliphatic heterocycles. The largest absolute Gasteiger partial charge is 0.441 e. The van der Waals surface area contributed by atoms with Gasteiger partial charge in [0.05, 0.1) is 11.9 Å². The second kappa shape index (κ2) is 4.97. The van der Waals surface area contributed by atoms with Crippen LogP contribution in [0, 0.1) is 0 Å². The van der Waals surface area contributed by atoms with E-state index in [1.54, 1.807) is 18.2 Å². The van der Waals surface area contributed by atoms with Gasteiger partial charge in [-0.05, 0) is 18.6 Å². The van der Waals surface area contributed by atoms with E-state index in [-0.39, 0.29) is 0 Å². The zero-order chi connectivity index (χ0) is 13.2. The molecule has 18 heavy (non-hydrogen) atoms. The Hall–Kier alpha value is -1.56. The fourth-order valence-electron chi connectivity index (χ4n) is 1.68. The summed E-state index contributed by atoms with van der Waals surface area (Å²) >= 11 is 0. The van der Waals surface area contributed by atoms with Gasteiger partial charge in [-0.15, -0.1) is 0 Å². The first-order valence-corrected chi connectivity index (χ1v) is 7.74. The van der Waals surface area contributed by atoms with Crippen molar-refractivity contribution in [3.63, 3.8) is 0 Å². The van der Waals surface area contributed by atoms with Gasteiger partial charge in [0.25, 0.3) is 0 Å². The van der Waals surface area contributed by atoms with E-state index in [0.717, 1.165) is 31.0 Å². The smallest absolute Gasteiger partial charge is 0.229 e. The predicted molar refractivity (Wildman–Crippen MR) is 71.1 cm³/mol. The van der Waals surface area contributed by atoms with Crippen LogP contribution in [-0.2, 0) is 16.4 Å². The van der Waals surface area contributed by atoms with Gasteiger partial charge >= 0.3 is 0 Å². The average molecular weight is 268 g/mol. The molecule has 0 saturated heterocycles. The van der Waals surface area contributed by atoms with Gasteiger partial charge in [-0.3, -0.25) is 4.72 Å².